The van der Waals surface area contributed by atoms with Crippen molar-refractivity contribution in [3.8, 4) is 22.6 Å². The van der Waals surface area contributed by atoms with Gasteiger partial charge in [-0.1, -0.05) is 72.8 Å². The van der Waals surface area contributed by atoms with E-state index in [2.05, 4.69) is 107 Å². The Morgan fingerprint density at radius 1 is 0.632 bits per heavy atom. The lowest BCUT2D eigenvalue weighted by Gasteiger charge is -2.32. The number of para-hydroxylation sites is 1. The number of fused-ring (bicyclic) bond motifs is 4. The maximum Gasteiger partial charge on any atom is 0.494 e. The van der Waals surface area contributed by atoms with Gasteiger partial charge in [-0.15, -0.1) is 11.3 Å². The number of thiophene rings is 1. The van der Waals surface area contributed by atoms with Gasteiger partial charge in [0.05, 0.1) is 22.4 Å². The molecule has 186 valence electrons. The Bertz CT molecular complexity index is 1830. The molecule has 1 saturated heterocycles. The molecule has 1 aliphatic heterocycles. The fraction of sp³-hybridized carbons (Fsp3) is 0.188. The predicted octanol–water partition coefficient (Wildman–Crippen LogP) is 7.63. The third-order valence-corrected chi connectivity index (χ3v) is 9.08. The smallest absolute Gasteiger partial charge is 0.399 e. The number of nitrogens with zero attached hydrogens (tertiary/aromatic N) is 2. The summed E-state index contributed by atoms with van der Waals surface area (Å²) in [6.45, 7) is 8.29. The summed E-state index contributed by atoms with van der Waals surface area (Å²) in [6, 6.07) is 31.7. The van der Waals surface area contributed by atoms with E-state index in [-0.39, 0.29) is 11.2 Å². The molecule has 6 aromatic rings. The number of hydrogen-bond acceptors (Lipinski definition) is 5. The minimum absolute atomic E-state index is 0.373. The fourth-order valence-corrected chi connectivity index (χ4v) is 6.21. The van der Waals surface area contributed by atoms with Gasteiger partial charge in [0, 0.05) is 36.7 Å². The Labute approximate surface area is 226 Å². The Kier molecular flexibility index (Phi) is 5.24. The summed E-state index contributed by atoms with van der Waals surface area (Å²) >= 11 is 1.82. The minimum atomic E-state index is -0.393. The molecular weight excluding hydrogens is 487 g/mol. The van der Waals surface area contributed by atoms with Gasteiger partial charge in [0.1, 0.15) is 0 Å². The van der Waals surface area contributed by atoms with Crippen LogP contribution >= 0.6 is 11.3 Å². The first kappa shape index (κ1) is 23.5. The van der Waals surface area contributed by atoms with E-state index < -0.39 is 7.12 Å². The summed E-state index contributed by atoms with van der Waals surface area (Å²) in [6.07, 6.45) is 0. The van der Waals surface area contributed by atoms with Crippen molar-refractivity contribution in [1.29, 1.82) is 0 Å². The molecule has 0 aliphatic carbocycles. The van der Waals surface area contributed by atoms with E-state index in [1.807, 2.05) is 23.5 Å². The molecule has 3 heterocycles. The van der Waals surface area contributed by atoms with Crippen LogP contribution in [-0.4, -0.2) is 28.3 Å². The van der Waals surface area contributed by atoms with Gasteiger partial charge >= 0.3 is 7.12 Å². The highest BCUT2D eigenvalue weighted by Crippen LogP contribution is 2.38. The second kappa shape index (κ2) is 8.47. The Morgan fingerprint density at radius 3 is 2.03 bits per heavy atom. The molecule has 0 N–H and O–H groups in total. The van der Waals surface area contributed by atoms with Gasteiger partial charge in [0.25, 0.3) is 0 Å². The van der Waals surface area contributed by atoms with Crippen molar-refractivity contribution in [1.82, 2.24) is 9.97 Å². The molecule has 0 radical (unpaired) electrons. The first-order valence-corrected chi connectivity index (χ1v) is 13.8. The molecule has 1 fully saturated rings. The molecule has 7 rings (SSSR count). The van der Waals surface area contributed by atoms with Crippen LogP contribution in [0.5, 0.6) is 0 Å². The third-order valence-electron chi connectivity index (χ3n) is 7.95. The van der Waals surface area contributed by atoms with Crippen LogP contribution in [0.25, 0.3) is 53.7 Å². The largest absolute Gasteiger partial charge is 0.494 e. The van der Waals surface area contributed by atoms with Crippen LogP contribution < -0.4 is 5.46 Å². The average molecular weight is 514 g/mol. The van der Waals surface area contributed by atoms with E-state index in [0.717, 1.165) is 33.2 Å². The van der Waals surface area contributed by atoms with E-state index in [9.17, 15) is 0 Å². The van der Waals surface area contributed by atoms with Gasteiger partial charge < -0.3 is 9.31 Å². The fourth-order valence-electron chi connectivity index (χ4n) is 5.07. The van der Waals surface area contributed by atoms with Crippen LogP contribution in [0, 0.1) is 0 Å². The second-order valence-electron chi connectivity index (χ2n) is 10.9. The lowest BCUT2D eigenvalue weighted by molar-refractivity contribution is 0.00578. The molecule has 0 spiro atoms. The van der Waals surface area contributed by atoms with Crippen molar-refractivity contribution in [3.05, 3.63) is 91.0 Å². The molecule has 0 amide bonds. The van der Waals surface area contributed by atoms with E-state index >= 15 is 0 Å². The Morgan fingerprint density at radius 2 is 1.26 bits per heavy atom. The lowest BCUT2D eigenvalue weighted by Crippen LogP contribution is -2.41. The molecule has 4 nitrogen and oxygen atoms in total. The van der Waals surface area contributed by atoms with Crippen molar-refractivity contribution in [2.75, 3.05) is 0 Å². The molecule has 1 aliphatic rings. The number of benzene rings is 4. The molecule has 4 aromatic carbocycles. The van der Waals surface area contributed by atoms with Crippen LogP contribution in [0.3, 0.4) is 0 Å². The van der Waals surface area contributed by atoms with E-state index in [1.165, 1.54) is 20.2 Å². The van der Waals surface area contributed by atoms with Gasteiger partial charge in [-0.05, 0) is 51.4 Å². The van der Waals surface area contributed by atoms with E-state index in [1.54, 1.807) is 0 Å². The summed E-state index contributed by atoms with van der Waals surface area (Å²) in [4.78, 5) is 10.0. The number of rotatable bonds is 3. The maximum atomic E-state index is 6.23. The molecular formula is C32H27BN2O2S. The Balaban J connectivity index is 1.31. The van der Waals surface area contributed by atoms with Gasteiger partial charge in [0.2, 0.25) is 0 Å². The van der Waals surface area contributed by atoms with Gasteiger partial charge in [-0.3, -0.25) is 0 Å². The van der Waals surface area contributed by atoms with Gasteiger partial charge in [-0.25, -0.2) is 9.97 Å². The molecule has 38 heavy (non-hydrogen) atoms. The molecule has 6 heteroatoms. The van der Waals surface area contributed by atoms with Crippen molar-refractivity contribution < 1.29 is 9.31 Å². The number of aromatic nitrogens is 2. The Hall–Kier alpha value is -3.58. The van der Waals surface area contributed by atoms with Crippen LogP contribution in [0.2, 0.25) is 0 Å². The first-order valence-electron chi connectivity index (χ1n) is 12.9. The van der Waals surface area contributed by atoms with Crippen molar-refractivity contribution in [3.63, 3.8) is 0 Å². The predicted molar refractivity (Wildman–Crippen MR) is 159 cm³/mol. The van der Waals surface area contributed by atoms with Gasteiger partial charge in [0.15, 0.2) is 5.82 Å². The van der Waals surface area contributed by atoms with Crippen molar-refractivity contribution >= 4 is 55.0 Å². The molecule has 0 saturated carbocycles. The first-order chi connectivity index (χ1) is 18.3. The van der Waals surface area contributed by atoms with E-state index in [0.29, 0.717) is 5.82 Å². The van der Waals surface area contributed by atoms with Crippen LogP contribution in [0.4, 0.5) is 0 Å². The highest BCUT2D eigenvalue weighted by molar-refractivity contribution is 7.25. The van der Waals surface area contributed by atoms with Crippen molar-refractivity contribution in [2.24, 2.45) is 0 Å². The molecule has 2 aromatic heterocycles. The SMILES string of the molecule is CC1(C)OB(c2ccc(-c3nc(-c4ccc5c(c4)sc4ccccc45)c4ccccc4n3)cc2)OC1(C)C. The summed E-state index contributed by atoms with van der Waals surface area (Å²) < 4.78 is 15.0. The zero-order valence-electron chi connectivity index (χ0n) is 21.9. The topological polar surface area (TPSA) is 44.2 Å². The maximum absolute atomic E-state index is 6.23. The zero-order valence-corrected chi connectivity index (χ0v) is 22.7. The molecule has 0 atom stereocenters. The average Bonchev–Trinajstić information content (AvgIpc) is 3.40. The van der Waals surface area contributed by atoms with Crippen LogP contribution in [0.15, 0.2) is 91.0 Å². The summed E-state index contributed by atoms with van der Waals surface area (Å²) in [5.41, 5.74) is 4.17. The monoisotopic (exact) mass is 514 g/mol. The van der Waals surface area contributed by atoms with Crippen LogP contribution in [-0.2, 0) is 9.31 Å². The quantitative estimate of drug-likeness (QED) is 0.228. The minimum Gasteiger partial charge on any atom is -0.399 e. The third kappa shape index (κ3) is 3.75. The highest BCUT2D eigenvalue weighted by atomic mass is 32.1. The number of hydrogen-bond donors (Lipinski definition) is 0. The van der Waals surface area contributed by atoms with Gasteiger partial charge in [-0.2, -0.15) is 0 Å². The molecule has 0 bridgehead atoms. The standard InChI is InChI=1S/C32H27BN2O2S/c1-31(2)32(3,4)37-33(36-31)22-16-13-20(14-17-22)30-34-26-11-7-5-10-25(26)29(35-30)21-15-18-24-23-9-6-8-12-27(23)38-28(24)19-21/h5-19H,1-4H3. The lowest BCUT2D eigenvalue weighted by atomic mass is 9.79. The van der Waals surface area contributed by atoms with E-state index in [4.69, 9.17) is 19.3 Å². The zero-order chi connectivity index (χ0) is 26.1. The highest BCUT2D eigenvalue weighted by Gasteiger charge is 2.51. The summed E-state index contributed by atoms with van der Waals surface area (Å²) in [5, 5.41) is 3.63. The summed E-state index contributed by atoms with van der Waals surface area (Å²) in [5.74, 6) is 0.704. The molecule has 0 unspecified atom stereocenters. The summed E-state index contributed by atoms with van der Waals surface area (Å²) in [7, 11) is -0.393. The normalized spacial score (nSPS) is 16.6. The van der Waals surface area contributed by atoms with Crippen LogP contribution in [0.1, 0.15) is 27.7 Å². The van der Waals surface area contributed by atoms with Crippen molar-refractivity contribution in [2.45, 2.75) is 38.9 Å². The second-order valence-corrected chi connectivity index (χ2v) is 12.0.